The summed E-state index contributed by atoms with van der Waals surface area (Å²) in [4.78, 5) is 31.4. The van der Waals surface area contributed by atoms with Crippen molar-refractivity contribution in [2.45, 2.75) is 61.8 Å². The molecule has 1 aromatic carbocycles. The fourth-order valence-electron chi connectivity index (χ4n) is 3.52. The van der Waals surface area contributed by atoms with Crippen LogP contribution in [0.2, 0.25) is 0 Å². The molecule has 1 heterocycles. The first-order valence-electron chi connectivity index (χ1n) is 10.2. The van der Waals surface area contributed by atoms with Gasteiger partial charge >= 0.3 is 0 Å². The van der Waals surface area contributed by atoms with E-state index in [4.69, 9.17) is 11.5 Å². The van der Waals surface area contributed by atoms with Gasteiger partial charge in [0.25, 0.3) is 11.5 Å². The molecule has 1 aliphatic carbocycles. The number of carbonyl (C=O) groups is 1. The number of nitrogens with one attached hydrogen (secondary N) is 3. The highest BCUT2D eigenvalue weighted by atomic mass is 32.2. The van der Waals surface area contributed by atoms with E-state index >= 15 is 0 Å². The smallest absolute Gasteiger partial charge is 0.267 e. The largest absolute Gasteiger partial charge is 0.365 e. The number of hydrogen-bond donors (Lipinski definition) is 5. The average Bonchev–Trinajstić information content (AvgIpc) is 2.69. The zero-order chi connectivity index (χ0) is 22.8. The molecule has 1 amide bonds. The molecule has 168 valence electrons. The summed E-state index contributed by atoms with van der Waals surface area (Å²) in [6.07, 6.45) is 3.35. The van der Waals surface area contributed by atoms with Gasteiger partial charge in [0.05, 0.1) is 15.8 Å². The second-order valence-corrected chi connectivity index (χ2v) is 10.4. The molecule has 0 aliphatic heterocycles. The van der Waals surface area contributed by atoms with Gasteiger partial charge in [-0.05, 0) is 51.7 Å². The normalized spacial score (nSPS) is 19.2. The maximum absolute atomic E-state index is 12.7. The third kappa shape index (κ3) is 5.05. The summed E-state index contributed by atoms with van der Waals surface area (Å²) in [6.45, 7) is 3.15. The third-order valence-electron chi connectivity index (χ3n) is 5.35. The molecule has 1 aliphatic rings. The lowest BCUT2D eigenvalue weighted by molar-refractivity contribution is 0.0999. The van der Waals surface area contributed by atoms with Crippen LogP contribution in [0.15, 0.2) is 34.0 Å². The summed E-state index contributed by atoms with van der Waals surface area (Å²) in [5.41, 5.74) is 10.4. The Morgan fingerprint density at radius 1 is 1.19 bits per heavy atom. The minimum Gasteiger partial charge on any atom is -0.365 e. The molecule has 1 fully saturated rings. The summed E-state index contributed by atoms with van der Waals surface area (Å²) in [5, 5.41) is 5.34. The molecule has 7 N–H and O–H groups in total. The number of aromatic nitrogens is 2. The van der Waals surface area contributed by atoms with Crippen LogP contribution in [-0.4, -0.2) is 41.6 Å². The van der Waals surface area contributed by atoms with Gasteiger partial charge in [0.15, 0.2) is 15.7 Å². The molecule has 0 radical (unpaired) electrons. The summed E-state index contributed by atoms with van der Waals surface area (Å²) in [7, 11) is -3.63. The highest BCUT2D eigenvalue weighted by Crippen LogP contribution is 2.28. The van der Waals surface area contributed by atoms with Crippen LogP contribution in [0.3, 0.4) is 0 Å². The molecule has 0 atom stereocenters. The first-order valence-corrected chi connectivity index (χ1v) is 11.7. The number of benzene rings is 1. The first-order chi connectivity index (χ1) is 14.6. The van der Waals surface area contributed by atoms with E-state index in [1.807, 2.05) is 0 Å². The zero-order valence-corrected chi connectivity index (χ0v) is 18.3. The molecular formula is C20H28N6O4S. The van der Waals surface area contributed by atoms with Gasteiger partial charge in [-0.25, -0.2) is 8.42 Å². The highest BCUT2D eigenvalue weighted by Gasteiger charge is 2.25. The number of primary amides is 1. The maximum atomic E-state index is 12.7. The summed E-state index contributed by atoms with van der Waals surface area (Å²) in [5.74, 6) is -0.921. The van der Waals surface area contributed by atoms with Crippen LogP contribution < -0.4 is 27.7 Å². The van der Waals surface area contributed by atoms with E-state index in [2.05, 4.69) is 20.6 Å². The van der Waals surface area contributed by atoms with Crippen molar-refractivity contribution in [2.75, 3.05) is 10.6 Å². The van der Waals surface area contributed by atoms with Crippen LogP contribution in [-0.2, 0) is 9.84 Å². The number of amides is 1. The molecule has 0 saturated heterocycles. The average molecular weight is 449 g/mol. The number of H-pyrrole nitrogens is 1. The van der Waals surface area contributed by atoms with E-state index in [9.17, 15) is 18.0 Å². The van der Waals surface area contributed by atoms with Crippen LogP contribution in [0.5, 0.6) is 0 Å². The standard InChI is InChI=1S/C20H28N6O4S/c1-11(2)31(29,30)15-6-4-3-5-14(15)24-18-16(17(22)27)19(28)26-20(25-18)23-13-9-7-12(21)8-10-13/h3-6,11-13H,7-10,21H2,1-2H3,(H2,22,27)(H3,23,24,25,26,28)/t12-,13-. The van der Waals surface area contributed by atoms with Gasteiger partial charge < -0.3 is 22.1 Å². The molecule has 1 aromatic heterocycles. The van der Waals surface area contributed by atoms with Crippen LogP contribution >= 0.6 is 0 Å². The number of hydrogen-bond acceptors (Lipinski definition) is 8. The molecule has 11 heteroatoms. The molecule has 0 bridgehead atoms. The zero-order valence-electron chi connectivity index (χ0n) is 17.5. The Labute approximate surface area is 180 Å². The van der Waals surface area contributed by atoms with E-state index in [0.717, 1.165) is 25.7 Å². The van der Waals surface area contributed by atoms with E-state index in [1.54, 1.807) is 32.0 Å². The lowest BCUT2D eigenvalue weighted by Gasteiger charge is -2.27. The lowest BCUT2D eigenvalue weighted by atomic mass is 9.92. The Balaban J connectivity index is 2.00. The lowest BCUT2D eigenvalue weighted by Crippen LogP contribution is -2.34. The van der Waals surface area contributed by atoms with E-state index in [0.29, 0.717) is 0 Å². The highest BCUT2D eigenvalue weighted by molar-refractivity contribution is 7.92. The second-order valence-electron chi connectivity index (χ2n) is 7.97. The number of anilines is 3. The van der Waals surface area contributed by atoms with Crippen molar-refractivity contribution in [1.82, 2.24) is 9.97 Å². The monoisotopic (exact) mass is 448 g/mol. The van der Waals surface area contributed by atoms with Crippen molar-refractivity contribution < 1.29 is 13.2 Å². The minimum absolute atomic E-state index is 0.0401. The quantitative estimate of drug-likeness (QED) is 0.423. The SMILES string of the molecule is CC(C)S(=O)(=O)c1ccccc1Nc1nc(N[C@H]2CC[C@H](N)CC2)[nH]c(=O)c1C(N)=O. The molecule has 1 saturated carbocycles. The maximum Gasteiger partial charge on any atom is 0.267 e. The number of nitrogens with two attached hydrogens (primary N) is 2. The van der Waals surface area contributed by atoms with Gasteiger partial charge in [-0.3, -0.25) is 14.6 Å². The predicted octanol–water partition coefficient (Wildman–Crippen LogP) is 1.48. The van der Waals surface area contributed by atoms with Crippen molar-refractivity contribution in [3.63, 3.8) is 0 Å². The Hall–Kier alpha value is -2.92. The van der Waals surface area contributed by atoms with Crippen LogP contribution in [0.1, 0.15) is 49.9 Å². The molecule has 31 heavy (non-hydrogen) atoms. The van der Waals surface area contributed by atoms with Gasteiger partial charge in [0, 0.05) is 12.1 Å². The number of sulfone groups is 1. The molecule has 0 spiro atoms. The predicted molar refractivity (Wildman–Crippen MR) is 119 cm³/mol. The van der Waals surface area contributed by atoms with Gasteiger partial charge in [-0.2, -0.15) is 4.98 Å². The summed E-state index contributed by atoms with van der Waals surface area (Å²) < 4.78 is 25.5. The fourth-order valence-corrected chi connectivity index (χ4v) is 4.72. The van der Waals surface area contributed by atoms with Gasteiger partial charge in [-0.1, -0.05) is 12.1 Å². The number of para-hydroxylation sites is 1. The third-order valence-corrected chi connectivity index (χ3v) is 7.56. The van der Waals surface area contributed by atoms with Crippen LogP contribution in [0.4, 0.5) is 17.5 Å². The molecule has 10 nitrogen and oxygen atoms in total. The van der Waals surface area contributed by atoms with Crippen molar-refractivity contribution in [3.05, 3.63) is 40.2 Å². The molecular weight excluding hydrogens is 420 g/mol. The first kappa shape index (κ1) is 22.8. The Kier molecular flexibility index (Phi) is 6.65. The second kappa shape index (κ2) is 9.06. The van der Waals surface area contributed by atoms with Gasteiger partial charge in [0.1, 0.15) is 5.56 Å². The van der Waals surface area contributed by atoms with Gasteiger partial charge in [-0.15, -0.1) is 0 Å². The molecule has 2 aromatic rings. The summed E-state index contributed by atoms with van der Waals surface area (Å²) in [6, 6.07) is 6.48. The Morgan fingerprint density at radius 3 is 2.45 bits per heavy atom. The van der Waals surface area contributed by atoms with Gasteiger partial charge in [0.2, 0.25) is 5.95 Å². The van der Waals surface area contributed by atoms with E-state index in [1.165, 1.54) is 6.07 Å². The van der Waals surface area contributed by atoms with Crippen LogP contribution in [0, 0.1) is 0 Å². The summed E-state index contributed by atoms with van der Waals surface area (Å²) >= 11 is 0. The van der Waals surface area contributed by atoms with Crippen LogP contribution in [0.25, 0.3) is 0 Å². The Morgan fingerprint density at radius 2 is 1.84 bits per heavy atom. The number of carbonyl (C=O) groups excluding carboxylic acids is 1. The Bertz CT molecular complexity index is 1120. The van der Waals surface area contributed by atoms with E-state index in [-0.39, 0.29) is 40.0 Å². The van der Waals surface area contributed by atoms with Crippen molar-refractivity contribution in [2.24, 2.45) is 11.5 Å². The van der Waals surface area contributed by atoms with E-state index < -0.39 is 26.6 Å². The molecule has 3 rings (SSSR count). The minimum atomic E-state index is -3.63. The topological polar surface area (TPSA) is 173 Å². The molecule has 0 unspecified atom stereocenters. The number of aromatic amines is 1. The number of rotatable bonds is 7. The van der Waals surface area contributed by atoms with Crippen molar-refractivity contribution in [3.8, 4) is 0 Å². The van der Waals surface area contributed by atoms with Crippen molar-refractivity contribution in [1.29, 1.82) is 0 Å². The fraction of sp³-hybridized carbons (Fsp3) is 0.450. The number of nitrogens with zero attached hydrogens (tertiary/aromatic N) is 1. The van der Waals surface area contributed by atoms with Crippen molar-refractivity contribution >= 4 is 33.2 Å².